The van der Waals surface area contributed by atoms with Gasteiger partial charge in [-0.25, -0.2) is 0 Å². The van der Waals surface area contributed by atoms with Crippen molar-refractivity contribution in [3.63, 3.8) is 0 Å². The van der Waals surface area contributed by atoms with Crippen LogP contribution in [0.2, 0.25) is 0 Å². The van der Waals surface area contributed by atoms with Crippen LogP contribution in [0.25, 0.3) is 0 Å². The fourth-order valence-electron chi connectivity index (χ4n) is 1.67. The Morgan fingerprint density at radius 3 is 2.33 bits per heavy atom. The highest BCUT2D eigenvalue weighted by Crippen LogP contribution is 2.09. The maximum absolute atomic E-state index is 3.49. The largest absolute Gasteiger partial charge is 0.312 e. The second kappa shape index (κ2) is 6.19. The molecule has 2 heteroatoms. The summed E-state index contributed by atoms with van der Waals surface area (Å²) in [6.07, 6.45) is 2.16. The second-order valence-corrected chi connectivity index (χ2v) is 5.45. The van der Waals surface area contributed by atoms with Crippen LogP contribution < -0.4 is 5.32 Å². The van der Waals surface area contributed by atoms with E-state index in [-0.39, 0.29) is 0 Å². The molecule has 84 valence electrons. The zero-order valence-electron chi connectivity index (χ0n) is 10.1. The van der Waals surface area contributed by atoms with E-state index >= 15 is 0 Å². The maximum atomic E-state index is 3.49. The Bertz CT molecular complexity index is 289. The van der Waals surface area contributed by atoms with Gasteiger partial charge in [-0.05, 0) is 25.7 Å². The Balaban J connectivity index is 2.43. The summed E-state index contributed by atoms with van der Waals surface area (Å²) in [5, 5.41) is 4.18. The summed E-state index contributed by atoms with van der Waals surface area (Å²) < 4.78 is 0. The van der Waals surface area contributed by atoms with Crippen molar-refractivity contribution in [3.8, 4) is 0 Å². The Labute approximate surface area is 97.7 Å². The molecule has 1 rings (SSSR count). The first-order valence-corrected chi connectivity index (χ1v) is 6.71. The molecule has 0 radical (unpaired) electrons. The van der Waals surface area contributed by atoms with E-state index in [9.17, 15) is 0 Å². The second-order valence-electron chi connectivity index (χ2n) is 4.17. The van der Waals surface area contributed by atoms with Crippen molar-refractivity contribution in [1.29, 1.82) is 0 Å². The maximum Gasteiger partial charge on any atom is 0.0206 e. The number of nitrogens with one attached hydrogen (secondary N) is 1. The molecule has 1 N–H and O–H groups in total. The number of hydrogen-bond donors (Lipinski definition) is 1. The molecule has 0 saturated heterocycles. The third-order valence-electron chi connectivity index (χ3n) is 2.44. The fraction of sp³-hybridized carbons (Fsp3) is 0.538. The number of aryl methyl sites for hydroxylation is 2. The van der Waals surface area contributed by atoms with E-state index in [1.165, 1.54) is 16.7 Å². The molecular weight excluding hydrogens is 202 g/mol. The summed E-state index contributed by atoms with van der Waals surface area (Å²) in [6.45, 7) is 8.61. The normalized spacial score (nSPS) is 12.8. The molecule has 1 aromatic rings. The third-order valence-corrected chi connectivity index (χ3v) is 3.42. The Kier molecular flexibility index (Phi) is 5.20. The van der Waals surface area contributed by atoms with E-state index in [2.05, 4.69) is 50.5 Å². The number of rotatable bonds is 5. The van der Waals surface area contributed by atoms with E-state index in [1.54, 1.807) is 0 Å². The predicted octanol–water partition coefficient (Wildman–Crippen LogP) is 3.14. The lowest BCUT2D eigenvalue weighted by molar-refractivity contribution is 0.684. The molecule has 0 aliphatic carbocycles. The number of thioether (sulfide) groups is 1. The lowest BCUT2D eigenvalue weighted by Crippen LogP contribution is -2.22. The minimum atomic E-state index is 0.691. The van der Waals surface area contributed by atoms with Gasteiger partial charge in [0.1, 0.15) is 0 Å². The standard InChI is InChI=1S/C13H21NS/c1-10-5-11(2)7-13(6-10)9-14-8-12(3)15-4/h5-7,12,14H,8-9H2,1-4H3. The topological polar surface area (TPSA) is 12.0 Å². The summed E-state index contributed by atoms with van der Waals surface area (Å²) in [5.74, 6) is 0. The van der Waals surface area contributed by atoms with Crippen molar-refractivity contribution in [1.82, 2.24) is 5.32 Å². The minimum Gasteiger partial charge on any atom is -0.312 e. The van der Waals surface area contributed by atoms with Gasteiger partial charge >= 0.3 is 0 Å². The Morgan fingerprint density at radius 2 is 1.80 bits per heavy atom. The van der Waals surface area contributed by atoms with Crippen molar-refractivity contribution >= 4 is 11.8 Å². The summed E-state index contributed by atoms with van der Waals surface area (Å²) >= 11 is 1.90. The molecule has 0 saturated carbocycles. The van der Waals surface area contributed by atoms with E-state index in [0.29, 0.717) is 5.25 Å². The molecule has 1 aromatic carbocycles. The summed E-state index contributed by atoms with van der Waals surface area (Å²) in [7, 11) is 0. The summed E-state index contributed by atoms with van der Waals surface area (Å²) in [4.78, 5) is 0. The summed E-state index contributed by atoms with van der Waals surface area (Å²) in [6, 6.07) is 6.72. The average molecular weight is 223 g/mol. The van der Waals surface area contributed by atoms with Crippen LogP contribution >= 0.6 is 11.8 Å². The van der Waals surface area contributed by atoms with Gasteiger partial charge in [0.2, 0.25) is 0 Å². The van der Waals surface area contributed by atoms with Gasteiger partial charge < -0.3 is 5.32 Å². The van der Waals surface area contributed by atoms with Crippen molar-refractivity contribution in [2.75, 3.05) is 12.8 Å². The minimum absolute atomic E-state index is 0.691. The van der Waals surface area contributed by atoms with E-state index in [1.807, 2.05) is 11.8 Å². The predicted molar refractivity (Wildman–Crippen MR) is 70.6 cm³/mol. The molecule has 0 amide bonds. The van der Waals surface area contributed by atoms with Crippen LogP contribution in [0.15, 0.2) is 18.2 Å². The first kappa shape index (κ1) is 12.6. The first-order chi connectivity index (χ1) is 7.11. The zero-order chi connectivity index (χ0) is 11.3. The van der Waals surface area contributed by atoms with Crippen molar-refractivity contribution in [2.45, 2.75) is 32.6 Å². The average Bonchev–Trinajstić information content (AvgIpc) is 2.16. The van der Waals surface area contributed by atoms with Crippen LogP contribution in [0.5, 0.6) is 0 Å². The Morgan fingerprint density at radius 1 is 1.20 bits per heavy atom. The van der Waals surface area contributed by atoms with Gasteiger partial charge in [-0.15, -0.1) is 0 Å². The molecule has 0 aliphatic heterocycles. The van der Waals surface area contributed by atoms with E-state index in [0.717, 1.165) is 13.1 Å². The van der Waals surface area contributed by atoms with Crippen LogP contribution in [0.4, 0.5) is 0 Å². The van der Waals surface area contributed by atoms with Crippen LogP contribution in [0.1, 0.15) is 23.6 Å². The molecule has 1 atom stereocenters. The molecular formula is C13H21NS. The summed E-state index contributed by atoms with van der Waals surface area (Å²) in [5.41, 5.74) is 4.09. The molecule has 15 heavy (non-hydrogen) atoms. The van der Waals surface area contributed by atoms with Crippen LogP contribution in [-0.2, 0) is 6.54 Å². The van der Waals surface area contributed by atoms with Gasteiger partial charge in [-0.1, -0.05) is 36.2 Å². The van der Waals surface area contributed by atoms with Gasteiger partial charge in [0.05, 0.1) is 0 Å². The molecule has 0 aromatic heterocycles. The molecule has 0 bridgehead atoms. The van der Waals surface area contributed by atoms with Crippen molar-refractivity contribution in [3.05, 3.63) is 34.9 Å². The van der Waals surface area contributed by atoms with Crippen molar-refractivity contribution < 1.29 is 0 Å². The lowest BCUT2D eigenvalue weighted by Gasteiger charge is -2.10. The molecule has 0 spiro atoms. The third kappa shape index (κ3) is 4.72. The van der Waals surface area contributed by atoms with E-state index < -0.39 is 0 Å². The van der Waals surface area contributed by atoms with Gasteiger partial charge in [-0.3, -0.25) is 0 Å². The quantitative estimate of drug-likeness (QED) is 0.823. The molecule has 0 heterocycles. The van der Waals surface area contributed by atoms with Crippen LogP contribution in [-0.4, -0.2) is 18.1 Å². The SMILES string of the molecule is CSC(C)CNCc1cc(C)cc(C)c1. The number of benzene rings is 1. The smallest absolute Gasteiger partial charge is 0.0206 e. The number of hydrogen-bond acceptors (Lipinski definition) is 2. The molecule has 1 unspecified atom stereocenters. The molecule has 0 fully saturated rings. The highest BCUT2D eigenvalue weighted by atomic mass is 32.2. The zero-order valence-corrected chi connectivity index (χ0v) is 10.9. The van der Waals surface area contributed by atoms with Gasteiger partial charge in [0.15, 0.2) is 0 Å². The fourth-order valence-corrected chi connectivity index (χ4v) is 1.96. The lowest BCUT2D eigenvalue weighted by atomic mass is 10.1. The van der Waals surface area contributed by atoms with Gasteiger partial charge in [0, 0.05) is 18.3 Å². The highest BCUT2D eigenvalue weighted by molar-refractivity contribution is 7.99. The van der Waals surface area contributed by atoms with Crippen LogP contribution in [0, 0.1) is 13.8 Å². The molecule has 0 aliphatic rings. The monoisotopic (exact) mass is 223 g/mol. The van der Waals surface area contributed by atoms with Crippen LogP contribution in [0.3, 0.4) is 0 Å². The Hall–Kier alpha value is -0.470. The van der Waals surface area contributed by atoms with Gasteiger partial charge in [0.25, 0.3) is 0 Å². The van der Waals surface area contributed by atoms with Crippen molar-refractivity contribution in [2.24, 2.45) is 0 Å². The first-order valence-electron chi connectivity index (χ1n) is 5.42. The highest BCUT2D eigenvalue weighted by Gasteiger charge is 1.99. The van der Waals surface area contributed by atoms with Gasteiger partial charge in [-0.2, -0.15) is 11.8 Å². The molecule has 1 nitrogen and oxygen atoms in total. The van der Waals surface area contributed by atoms with E-state index in [4.69, 9.17) is 0 Å².